The first-order chi connectivity index (χ1) is 13.2. The molecule has 0 aliphatic heterocycles. The van der Waals surface area contributed by atoms with Crippen molar-refractivity contribution in [3.05, 3.63) is 59.2 Å². The Morgan fingerprint density at radius 3 is 2.32 bits per heavy atom. The highest BCUT2D eigenvalue weighted by Crippen LogP contribution is 2.25. The first-order valence-electron chi connectivity index (χ1n) is 9.14. The van der Waals surface area contributed by atoms with Gasteiger partial charge in [-0.1, -0.05) is 31.2 Å². The van der Waals surface area contributed by atoms with Crippen LogP contribution in [0.2, 0.25) is 0 Å². The van der Waals surface area contributed by atoms with Crippen LogP contribution in [0.4, 0.5) is 5.69 Å². The van der Waals surface area contributed by atoms with E-state index in [1.54, 1.807) is 19.2 Å². The van der Waals surface area contributed by atoms with E-state index in [4.69, 9.17) is 4.74 Å². The van der Waals surface area contributed by atoms with E-state index in [1.165, 1.54) is 0 Å². The van der Waals surface area contributed by atoms with Gasteiger partial charge in [-0.05, 0) is 55.2 Å². The maximum absolute atomic E-state index is 12.7. The van der Waals surface area contributed by atoms with Crippen LogP contribution in [0.5, 0.6) is 5.75 Å². The fraction of sp³-hybridized carbons (Fsp3) is 0.381. The Morgan fingerprint density at radius 1 is 1.14 bits per heavy atom. The molecule has 0 heterocycles. The smallest absolute Gasteiger partial charge is 0.241 e. The van der Waals surface area contributed by atoms with Gasteiger partial charge in [0, 0.05) is 0 Å². The highest BCUT2D eigenvalue weighted by Gasteiger charge is 2.24. The van der Waals surface area contributed by atoms with Crippen LogP contribution in [0.25, 0.3) is 0 Å². The Bertz CT molecular complexity index is 924. The average Bonchev–Trinajstić information content (AvgIpc) is 2.66. The van der Waals surface area contributed by atoms with E-state index in [-0.39, 0.29) is 18.5 Å². The third-order valence-electron chi connectivity index (χ3n) is 4.79. The molecule has 0 aromatic heterocycles. The summed E-state index contributed by atoms with van der Waals surface area (Å²) < 4.78 is 31.0. The molecule has 0 aliphatic rings. The summed E-state index contributed by atoms with van der Waals surface area (Å²) in [5.74, 6) is 0.386. The van der Waals surface area contributed by atoms with E-state index in [0.29, 0.717) is 12.1 Å². The van der Waals surface area contributed by atoms with Crippen molar-refractivity contribution in [2.24, 2.45) is 0 Å². The Hall–Kier alpha value is -2.54. The maximum Gasteiger partial charge on any atom is 0.241 e. The number of hydrogen-bond donors (Lipinski definition) is 1. The lowest BCUT2D eigenvalue weighted by atomic mass is 10.0. The third kappa shape index (κ3) is 5.25. The minimum atomic E-state index is -3.61. The van der Waals surface area contributed by atoms with Gasteiger partial charge in [-0.15, -0.1) is 0 Å². The van der Waals surface area contributed by atoms with Gasteiger partial charge in [0.1, 0.15) is 12.3 Å². The number of aryl methyl sites for hydroxylation is 1. The molecule has 2 rings (SSSR count). The second-order valence-electron chi connectivity index (χ2n) is 6.79. The molecule has 1 N–H and O–H groups in total. The largest absolute Gasteiger partial charge is 0.497 e. The van der Waals surface area contributed by atoms with Crippen molar-refractivity contribution >= 4 is 21.6 Å². The monoisotopic (exact) mass is 404 g/mol. The van der Waals surface area contributed by atoms with Gasteiger partial charge in [-0.2, -0.15) is 0 Å². The van der Waals surface area contributed by atoms with E-state index in [2.05, 4.69) is 5.32 Å². The van der Waals surface area contributed by atoms with Crippen LogP contribution in [0.1, 0.15) is 36.1 Å². The summed E-state index contributed by atoms with van der Waals surface area (Å²) in [4.78, 5) is 12.7. The van der Waals surface area contributed by atoms with Crippen LogP contribution in [0.3, 0.4) is 0 Å². The SMILES string of the molecule is CC[C@@H](NC(=O)CN(c1cccc(C)c1C)S(C)(=O)=O)c1ccc(OC)cc1. The van der Waals surface area contributed by atoms with Gasteiger partial charge >= 0.3 is 0 Å². The number of benzene rings is 2. The van der Waals surface area contributed by atoms with Gasteiger partial charge < -0.3 is 10.1 Å². The summed E-state index contributed by atoms with van der Waals surface area (Å²) >= 11 is 0. The van der Waals surface area contributed by atoms with Crippen molar-refractivity contribution in [2.75, 3.05) is 24.2 Å². The lowest BCUT2D eigenvalue weighted by molar-refractivity contribution is -0.120. The van der Waals surface area contributed by atoms with Crippen molar-refractivity contribution in [1.82, 2.24) is 5.32 Å². The lowest BCUT2D eigenvalue weighted by Gasteiger charge is -2.26. The number of nitrogens with one attached hydrogen (secondary N) is 1. The van der Waals surface area contributed by atoms with Crippen LogP contribution in [-0.4, -0.2) is 34.2 Å². The van der Waals surface area contributed by atoms with Crippen molar-refractivity contribution in [2.45, 2.75) is 33.2 Å². The van der Waals surface area contributed by atoms with E-state index < -0.39 is 10.0 Å². The van der Waals surface area contributed by atoms with Crippen molar-refractivity contribution in [3.8, 4) is 5.75 Å². The summed E-state index contributed by atoms with van der Waals surface area (Å²) in [7, 11) is -2.01. The molecule has 0 fully saturated rings. The van der Waals surface area contributed by atoms with Crippen molar-refractivity contribution in [1.29, 1.82) is 0 Å². The van der Waals surface area contributed by atoms with Gasteiger partial charge in [0.15, 0.2) is 0 Å². The number of ether oxygens (including phenoxy) is 1. The van der Waals surface area contributed by atoms with E-state index in [1.807, 2.05) is 51.1 Å². The molecule has 0 radical (unpaired) electrons. The van der Waals surface area contributed by atoms with Crippen LogP contribution >= 0.6 is 0 Å². The Morgan fingerprint density at radius 2 is 1.79 bits per heavy atom. The number of carbonyl (C=O) groups is 1. The highest BCUT2D eigenvalue weighted by atomic mass is 32.2. The zero-order valence-corrected chi connectivity index (χ0v) is 17.8. The Balaban J connectivity index is 2.22. The maximum atomic E-state index is 12.7. The molecular weight excluding hydrogens is 376 g/mol. The predicted octanol–water partition coefficient (Wildman–Crippen LogP) is 3.35. The highest BCUT2D eigenvalue weighted by molar-refractivity contribution is 7.92. The molecule has 0 saturated carbocycles. The molecule has 28 heavy (non-hydrogen) atoms. The zero-order chi connectivity index (χ0) is 20.9. The molecule has 2 aromatic rings. The lowest BCUT2D eigenvalue weighted by Crippen LogP contribution is -2.41. The van der Waals surface area contributed by atoms with Gasteiger partial charge in [-0.25, -0.2) is 8.42 Å². The van der Waals surface area contributed by atoms with Gasteiger partial charge in [0.2, 0.25) is 15.9 Å². The summed E-state index contributed by atoms with van der Waals surface area (Å²) in [5, 5.41) is 2.94. The molecule has 1 atom stereocenters. The average molecular weight is 405 g/mol. The standard InChI is InChI=1S/C21H28N2O4S/c1-6-19(17-10-12-18(27-4)13-11-17)22-21(24)14-23(28(5,25)26)20-9-7-8-15(2)16(20)3/h7-13,19H,6,14H2,1-5H3,(H,22,24)/t19-/m1/s1. The molecule has 152 valence electrons. The van der Waals surface area contributed by atoms with Gasteiger partial charge in [0.05, 0.1) is 25.1 Å². The normalized spacial score (nSPS) is 12.3. The van der Waals surface area contributed by atoms with Crippen molar-refractivity contribution < 1.29 is 17.9 Å². The summed E-state index contributed by atoms with van der Waals surface area (Å²) in [6, 6.07) is 12.7. The van der Waals surface area contributed by atoms with Crippen LogP contribution in [0.15, 0.2) is 42.5 Å². The Kier molecular flexibility index (Phi) is 7.07. The van der Waals surface area contributed by atoms with E-state index in [9.17, 15) is 13.2 Å². The van der Waals surface area contributed by atoms with Gasteiger partial charge in [0.25, 0.3) is 0 Å². The quantitative estimate of drug-likeness (QED) is 0.732. The van der Waals surface area contributed by atoms with Crippen LogP contribution in [-0.2, 0) is 14.8 Å². The molecule has 0 saturated heterocycles. The molecule has 7 heteroatoms. The molecule has 6 nitrogen and oxygen atoms in total. The fourth-order valence-electron chi connectivity index (χ4n) is 3.01. The number of anilines is 1. The summed E-state index contributed by atoms with van der Waals surface area (Å²) in [6.07, 6.45) is 1.79. The molecule has 0 unspecified atom stereocenters. The number of hydrogen-bond acceptors (Lipinski definition) is 4. The van der Waals surface area contributed by atoms with Gasteiger partial charge in [-0.3, -0.25) is 9.10 Å². The second-order valence-corrected chi connectivity index (χ2v) is 8.70. The second kappa shape index (κ2) is 9.10. The van der Waals surface area contributed by atoms with E-state index >= 15 is 0 Å². The van der Waals surface area contributed by atoms with Crippen molar-refractivity contribution in [3.63, 3.8) is 0 Å². The molecule has 2 aromatic carbocycles. The number of sulfonamides is 1. The van der Waals surface area contributed by atoms with Crippen LogP contribution < -0.4 is 14.4 Å². The number of rotatable bonds is 8. The molecular formula is C21H28N2O4S. The number of methoxy groups -OCH3 is 1. The van der Waals surface area contributed by atoms with Crippen LogP contribution in [0, 0.1) is 13.8 Å². The van der Waals surface area contributed by atoms with E-state index in [0.717, 1.165) is 33.0 Å². The minimum Gasteiger partial charge on any atom is -0.497 e. The fourth-order valence-corrected chi connectivity index (χ4v) is 3.92. The first-order valence-corrected chi connectivity index (χ1v) is 11.0. The third-order valence-corrected chi connectivity index (χ3v) is 5.92. The summed E-state index contributed by atoms with van der Waals surface area (Å²) in [6.45, 7) is 5.47. The first kappa shape index (κ1) is 21.8. The molecule has 0 spiro atoms. The molecule has 1 amide bonds. The summed E-state index contributed by atoms with van der Waals surface area (Å²) in [5.41, 5.74) is 3.27. The number of carbonyl (C=O) groups excluding carboxylic acids is 1. The Labute approximate surface area is 167 Å². The topological polar surface area (TPSA) is 75.7 Å². The zero-order valence-electron chi connectivity index (χ0n) is 17.0. The minimum absolute atomic E-state index is 0.210. The molecule has 0 aliphatic carbocycles. The number of nitrogens with zero attached hydrogens (tertiary/aromatic N) is 1. The number of amides is 1. The molecule has 0 bridgehead atoms. The predicted molar refractivity (Wildman–Crippen MR) is 112 cm³/mol.